The largest absolute Gasteiger partial charge is 0.368 e. The van der Waals surface area contributed by atoms with Gasteiger partial charge in [-0.05, 0) is 57.9 Å². The first kappa shape index (κ1) is 24.4. The van der Waals surface area contributed by atoms with Crippen molar-refractivity contribution < 1.29 is 4.39 Å². The van der Waals surface area contributed by atoms with Gasteiger partial charge in [0.25, 0.3) is 5.56 Å². The van der Waals surface area contributed by atoms with Crippen LogP contribution in [0.4, 0.5) is 21.7 Å². The van der Waals surface area contributed by atoms with Crippen LogP contribution in [0, 0.1) is 12.7 Å². The molecule has 1 aliphatic heterocycles. The lowest BCUT2D eigenvalue weighted by Gasteiger charge is -2.37. The van der Waals surface area contributed by atoms with Gasteiger partial charge in [-0.3, -0.25) is 9.36 Å². The van der Waals surface area contributed by atoms with Crippen molar-refractivity contribution in [1.82, 2.24) is 19.9 Å². The van der Waals surface area contributed by atoms with E-state index in [-0.39, 0.29) is 18.4 Å². The Bertz CT molecular complexity index is 1210. The molecule has 3 heterocycles. The van der Waals surface area contributed by atoms with E-state index in [4.69, 9.17) is 0 Å². The molecule has 0 amide bonds. The van der Waals surface area contributed by atoms with E-state index >= 15 is 0 Å². The molecule has 9 heteroatoms. The zero-order valence-corrected chi connectivity index (χ0v) is 20.7. The molecule has 1 aliphatic carbocycles. The predicted octanol–water partition coefficient (Wildman–Crippen LogP) is 4.71. The number of benzene rings is 1. The number of aromatic nitrogens is 3. The quantitative estimate of drug-likeness (QED) is 0.556. The summed E-state index contributed by atoms with van der Waals surface area (Å²) in [5, 5.41) is 7.39. The molecule has 0 spiro atoms. The van der Waals surface area contributed by atoms with Gasteiger partial charge >= 0.3 is 0 Å². The van der Waals surface area contributed by atoms with Gasteiger partial charge in [-0.15, -0.1) is 12.4 Å². The Morgan fingerprint density at radius 2 is 1.74 bits per heavy atom. The lowest BCUT2D eigenvalue weighted by Crippen LogP contribution is -2.54. The molecule has 7 nitrogen and oxygen atoms in total. The topological polar surface area (TPSA) is 75.1 Å². The first-order valence-corrected chi connectivity index (χ1v) is 11.9. The molecule has 3 aromatic rings. The molecule has 1 saturated heterocycles. The third kappa shape index (κ3) is 4.61. The fourth-order valence-corrected chi connectivity index (χ4v) is 5.29. The molecule has 2 unspecified atom stereocenters. The van der Waals surface area contributed by atoms with Crippen LogP contribution in [0.25, 0.3) is 11.0 Å². The molecular formula is C25H32ClFN6O. The molecule has 2 atom stereocenters. The number of pyridine rings is 1. The van der Waals surface area contributed by atoms with Crippen LogP contribution in [0.2, 0.25) is 0 Å². The summed E-state index contributed by atoms with van der Waals surface area (Å²) >= 11 is 0. The van der Waals surface area contributed by atoms with Crippen LogP contribution in [-0.4, -0.2) is 39.7 Å². The van der Waals surface area contributed by atoms with Crippen molar-refractivity contribution in [3.8, 4) is 0 Å². The minimum atomic E-state index is -0.703. The molecule has 2 aromatic heterocycles. The number of hydrogen-bond donors (Lipinski definition) is 2. The van der Waals surface area contributed by atoms with Crippen molar-refractivity contribution in [2.45, 2.75) is 64.6 Å². The van der Waals surface area contributed by atoms with Crippen molar-refractivity contribution in [2.75, 3.05) is 23.3 Å². The molecule has 2 fully saturated rings. The van der Waals surface area contributed by atoms with Crippen molar-refractivity contribution in [1.29, 1.82) is 0 Å². The molecule has 0 radical (unpaired) electrons. The number of aryl methyl sites for hydroxylation is 1. The smallest absolute Gasteiger partial charge is 0.288 e. The number of fused-ring (bicyclic) bond motifs is 1. The molecule has 2 aliphatic rings. The monoisotopic (exact) mass is 486 g/mol. The zero-order valence-electron chi connectivity index (χ0n) is 19.8. The summed E-state index contributed by atoms with van der Waals surface area (Å²) in [6.45, 7) is 7.97. The average molecular weight is 487 g/mol. The van der Waals surface area contributed by atoms with E-state index in [1.54, 1.807) is 17.7 Å². The van der Waals surface area contributed by atoms with Crippen LogP contribution >= 0.6 is 12.4 Å². The third-order valence-corrected chi connectivity index (χ3v) is 6.87. The van der Waals surface area contributed by atoms with Crippen molar-refractivity contribution in [3.05, 3.63) is 52.2 Å². The standard InChI is InChI=1S/C25H31FN6O.ClH/c1-15-13-31(14-16(2)28-15)19-10-8-18(9-11-19)29-25-27-12-21-17(3)22(26)24(33)32(23(21)30-25)20-6-4-5-7-20;/h8-12,15-16,20,28H,4-7,13-14H2,1-3H3,(H,27,29,30);1H. The lowest BCUT2D eigenvalue weighted by atomic mass is 10.1. The van der Waals surface area contributed by atoms with Crippen LogP contribution in [0.3, 0.4) is 0 Å². The molecular weight excluding hydrogens is 455 g/mol. The number of nitrogens with one attached hydrogen (secondary N) is 2. The van der Waals surface area contributed by atoms with Crippen LogP contribution in [0.15, 0.2) is 35.3 Å². The Morgan fingerprint density at radius 1 is 1.09 bits per heavy atom. The van der Waals surface area contributed by atoms with E-state index in [1.165, 1.54) is 5.69 Å². The summed E-state index contributed by atoms with van der Waals surface area (Å²) in [4.78, 5) is 24.3. The summed E-state index contributed by atoms with van der Waals surface area (Å²) in [6, 6.07) is 9.11. The van der Waals surface area contributed by atoms with Gasteiger partial charge in [0.15, 0.2) is 5.82 Å². The summed E-state index contributed by atoms with van der Waals surface area (Å²) in [5.74, 6) is -0.303. The Balaban J connectivity index is 0.00000274. The Kier molecular flexibility index (Phi) is 7.09. The van der Waals surface area contributed by atoms with Crippen molar-refractivity contribution in [3.63, 3.8) is 0 Å². The van der Waals surface area contributed by atoms with E-state index in [1.807, 2.05) is 12.1 Å². The Morgan fingerprint density at radius 3 is 2.38 bits per heavy atom. The molecule has 1 aromatic carbocycles. The van der Waals surface area contributed by atoms with Gasteiger partial charge in [-0.1, -0.05) is 12.8 Å². The molecule has 1 saturated carbocycles. The lowest BCUT2D eigenvalue weighted by molar-refractivity contribution is 0.407. The van der Waals surface area contributed by atoms with Gasteiger partial charge in [0.1, 0.15) is 5.65 Å². The summed E-state index contributed by atoms with van der Waals surface area (Å²) in [7, 11) is 0. The van der Waals surface area contributed by atoms with Gasteiger partial charge in [0, 0.05) is 59.7 Å². The second-order valence-corrected chi connectivity index (χ2v) is 9.53. The third-order valence-electron chi connectivity index (χ3n) is 6.87. The van der Waals surface area contributed by atoms with E-state index in [0.717, 1.165) is 44.5 Å². The highest BCUT2D eigenvalue weighted by atomic mass is 35.5. The molecule has 2 N–H and O–H groups in total. The van der Waals surface area contributed by atoms with Crippen LogP contribution < -0.4 is 21.1 Å². The SMILES string of the molecule is Cc1c(F)c(=O)n(C2CCCC2)c2nc(Nc3ccc(N4CC(C)NC(C)C4)cc3)ncc12.Cl. The van der Waals surface area contributed by atoms with Gasteiger partial charge in [-0.2, -0.15) is 4.98 Å². The number of piperazine rings is 1. The second kappa shape index (κ2) is 9.88. The molecule has 34 heavy (non-hydrogen) atoms. The summed E-state index contributed by atoms with van der Waals surface area (Å²) in [6.07, 6.45) is 5.44. The number of halogens is 2. The highest BCUT2D eigenvalue weighted by Crippen LogP contribution is 2.32. The Labute approximate surface area is 205 Å². The highest BCUT2D eigenvalue weighted by molar-refractivity contribution is 5.85. The van der Waals surface area contributed by atoms with E-state index in [2.05, 4.69) is 51.5 Å². The predicted molar refractivity (Wildman–Crippen MR) is 137 cm³/mol. The maximum atomic E-state index is 14.6. The first-order chi connectivity index (χ1) is 15.9. The van der Waals surface area contributed by atoms with E-state index in [0.29, 0.717) is 34.6 Å². The number of nitrogens with zero attached hydrogens (tertiary/aromatic N) is 4. The first-order valence-electron chi connectivity index (χ1n) is 11.9. The van der Waals surface area contributed by atoms with Crippen molar-refractivity contribution >= 4 is 40.8 Å². The fraction of sp³-hybridized carbons (Fsp3) is 0.480. The van der Waals surface area contributed by atoms with Crippen LogP contribution in [0.1, 0.15) is 51.1 Å². The number of rotatable bonds is 4. The van der Waals surface area contributed by atoms with E-state index in [9.17, 15) is 9.18 Å². The number of anilines is 3. The van der Waals surface area contributed by atoms with Gasteiger partial charge in [-0.25, -0.2) is 9.37 Å². The van der Waals surface area contributed by atoms with Crippen LogP contribution in [-0.2, 0) is 0 Å². The molecule has 5 rings (SSSR count). The van der Waals surface area contributed by atoms with E-state index < -0.39 is 11.4 Å². The fourth-order valence-electron chi connectivity index (χ4n) is 5.29. The van der Waals surface area contributed by atoms with Gasteiger partial charge in [0.05, 0.1) is 0 Å². The average Bonchev–Trinajstić information content (AvgIpc) is 3.32. The molecule has 0 bridgehead atoms. The van der Waals surface area contributed by atoms with Crippen LogP contribution in [0.5, 0.6) is 0 Å². The summed E-state index contributed by atoms with van der Waals surface area (Å²) in [5.41, 5.74) is 2.27. The maximum absolute atomic E-state index is 14.6. The normalized spacial score (nSPS) is 21.0. The summed E-state index contributed by atoms with van der Waals surface area (Å²) < 4.78 is 16.2. The van der Waals surface area contributed by atoms with Gasteiger partial charge < -0.3 is 15.5 Å². The number of hydrogen-bond acceptors (Lipinski definition) is 6. The zero-order chi connectivity index (χ0) is 23.1. The minimum Gasteiger partial charge on any atom is -0.368 e. The Hall–Kier alpha value is -2.71. The highest BCUT2D eigenvalue weighted by Gasteiger charge is 2.25. The van der Waals surface area contributed by atoms with Crippen molar-refractivity contribution in [2.24, 2.45) is 0 Å². The maximum Gasteiger partial charge on any atom is 0.288 e. The minimum absolute atomic E-state index is 0. The second-order valence-electron chi connectivity index (χ2n) is 9.53. The molecule has 182 valence electrons. The van der Waals surface area contributed by atoms with Gasteiger partial charge in [0.2, 0.25) is 5.95 Å².